The predicted molar refractivity (Wildman–Crippen MR) is 97.0 cm³/mol. The minimum atomic E-state index is -0.0205. The lowest BCUT2D eigenvalue weighted by molar-refractivity contribution is -0.120. The van der Waals surface area contributed by atoms with Crippen LogP contribution in [0.2, 0.25) is 0 Å². The lowest BCUT2D eigenvalue weighted by Gasteiger charge is -2.06. The third-order valence-electron chi connectivity index (χ3n) is 3.35. The number of carbonyl (C=O) groups excluding carboxylic acids is 1. The molecule has 0 spiro atoms. The smallest absolute Gasteiger partial charge is 0.226 e. The lowest BCUT2D eigenvalue weighted by atomic mass is 10.2. The van der Waals surface area contributed by atoms with Gasteiger partial charge >= 0.3 is 0 Å². The summed E-state index contributed by atoms with van der Waals surface area (Å²) in [7, 11) is 0. The van der Waals surface area contributed by atoms with Gasteiger partial charge in [-0.25, -0.2) is 4.98 Å². The molecule has 0 radical (unpaired) electrons. The summed E-state index contributed by atoms with van der Waals surface area (Å²) in [6.07, 6.45) is 3.78. The van der Waals surface area contributed by atoms with E-state index >= 15 is 0 Å². The Kier molecular flexibility index (Phi) is 5.52. The molecule has 0 saturated heterocycles. The number of aromatic nitrogens is 2. The van der Waals surface area contributed by atoms with Gasteiger partial charge in [-0.1, -0.05) is 30.3 Å². The van der Waals surface area contributed by atoms with E-state index in [1.54, 1.807) is 23.7 Å². The van der Waals surface area contributed by atoms with E-state index in [1.165, 1.54) is 0 Å². The predicted octanol–water partition coefficient (Wildman–Crippen LogP) is 2.98. The fraction of sp³-hybridized carbons (Fsp3) is 0.167. The number of anilines is 1. The van der Waals surface area contributed by atoms with Crippen molar-refractivity contribution in [3.8, 4) is 10.6 Å². The molecule has 0 unspecified atom stereocenters. The Morgan fingerprint density at radius 2 is 1.96 bits per heavy atom. The van der Waals surface area contributed by atoms with Crippen molar-refractivity contribution in [2.45, 2.75) is 6.42 Å². The number of thiazole rings is 1. The maximum Gasteiger partial charge on any atom is 0.226 e. The summed E-state index contributed by atoms with van der Waals surface area (Å²) >= 11 is 1.56. The van der Waals surface area contributed by atoms with Crippen molar-refractivity contribution in [1.29, 1.82) is 0 Å². The van der Waals surface area contributed by atoms with Gasteiger partial charge in [-0.05, 0) is 12.1 Å². The summed E-state index contributed by atoms with van der Waals surface area (Å²) in [5.41, 5.74) is 2.82. The first-order valence-corrected chi connectivity index (χ1v) is 8.59. The second kappa shape index (κ2) is 8.21. The van der Waals surface area contributed by atoms with E-state index in [0.717, 1.165) is 22.0 Å². The number of pyridine rings is 1. The number of amides is 1. The van der Waals surface area contributed by atoms with Crippen LogP contribution in [0.5, 0.6) is 0 Å². The van der Waals surface area contributed by atoms with Gasteiger partial charge in [0.05, 0.1) is 17.8 Å². The van der Waals surface area contributed by atoms with Crippen molar-refractivity contribution in [2.24, 2.45) is 0 Å². The Morgan fingerprint density at radius 1 is 1.08 bits per heavy atom. The maximum atomic E-state index is 12.0. The van der Waals surface area contributed by atoms with Crippen molar-refractivity contribution in [3.63, 3.8) is 0 Å². The maximum absolute atomic E-state index is 12.0. The zero-order valence-electron chi connectivity index (χ0n) is 13.1. The van der Waals surface area contributed by atoms with Gasteiger partial charge < -0.3 is 10.6 Å². The Morgan fingerprint density at radius 3 is 2.75 bits per heavy atom. The fourth-order valence-electron chi connectivity index (χ4n) is 2.20. The average Bonchev–Trinajstić information content (AvgIpc) is 3.09. The number of rotatable bonds is 7. The van der Waals surface area contributed by atoms with E-state index in [9.17, 15) is 4.79 Å². The molecule has 2 heterocycles. The molecule has 122 valence electrons. The van der Waals surface area contributed by atoms with Crippen LogP contribution in [0.15, 0.2) is 60.2 Å². The Labute approximate surface area is 144 Å². The van der Waals surface area contributed by atoms with Crippen LogP contribution < -0.4 is 10.6 Å². The molecule has 3 aromatic rings. The van der Waals surface area contributed by atoms with Gasteiger partial charge in [-0.15, -0.1) is 11.3 Å². The molecule has 0 aliphatic carbocycles. The molecular weight excluding hydrogens is 320 g/mol. The first kappa shape index (κ1) is 16.1. The molecule has 2 aromatic heterocycles. The molecule has 6 heteroatoms. The molecule has 1 amide bonds. The van der Waals surface area contributed by atoms with Crippen LogP contribution in [-0.4, -0.2) is 29.0 Å². The third-order valence-corrected chi connectivity index (χ3v) is 4.29. The van der Waals surface area contributed by atoms with Gasteiger partial charge in [0.15, 0.2) is 0 Å². The fourth-order valence-corrected chi connectivity index (χ4v) is 3.03. The summed E-state index contributed by atoms with van der Waals surface area (Å²) < 4.78 is 0. The number of nitrogens with zero attached hydrogens (tertiary/aromatic N) is 2. The number of carbonyl (C=O) groups is 1. The number of nitrogens with one attached hydrogen (secondary N) is 2. The Hall–Kier alpha value is -2.73. The number of benzene rings is 1. The summed E-state index contributed by atoms with van der Waals surface area (Å²) in [5.74, 6) is -0.0205. The highest BCUT2D eigenvalue weighted by Gasteiger charge is 2.08. The van der Waals surface area contributed by atoms with E-state index in [2.05, 4.69) is 20.6 Å². The molecule has 2 N–H and O–H groups in total. The van der Waals surface area contributed by atoms with Gasteiger partial charge in [0, 0.05) is 36.4 Å². The van der Waals surface area contributed by atoms with Crippen LogP contribution in [0.3, 0.4) is 0 Å². The molecule has 0 aliphatic heterocycles. The highest BCUT2D eigenvalue weighted by Crippen LogP contribution is 2.23. The van der Waals surface area contributed by atoms with Gasteiger partial charge in [0.1, 0.15) is 5.01 Å². The molecule has 1 aromatic carbocycles. The quantitative estimate of drug-likeness (QED) is 0.650. The van der Waals surface area contributed by atoms with E-state index in [4.69, 9.17) is 0 Å². The van der Waals surface area contributed by atoms with Crippen LogP contribution in [-0.2, 0) is 11.2 Å². The normalized spacial score (nSPS) is 10.3. The molecule has 24 heavy (non-hydrogen) atoms. The molecule has 0 aliphatic rings. The molecule has 0 fully saturated rings. The SMILES string of the molecule is O=C(Cc1csc(-c2ccccc2)n1)NCCNc1cccnc1. The summed E-state index contributed by atoms with van der Waals surface area (Å²) in [4.78, 5) is 20.5. The molecule has 0 bridgehead atoms. The van der Waals surface area contributed by atoms with Gasteiger partial charge in [0.25, 0.3) is 0 Å². The van der Waals surface area contributed by atoms with Crippen LogP contribution >= 0.6 is 11.3 Å². The van der Waals surface area contributed by atoms with Crippen LogP contribution in [0, 0.1) is 0 Å². The lowest BCUT2D eigenvalue weighted by Crippen LogP contribution is -2.30. The largest absolute Gasteiger partial charge is 0.382 e. The van der Waals surface area contributed by atoms with Gasteiger partial charge in [-0.2, -0.15) is 0 Å². The molecule has 0 saturated carbocycles. The Balaban J connectivity index is 1.43. The average molecular weight is 338 g/mol. The molecule has 0 atom stereocenters. The van der Waals surface area contributed by atoms with Gasteiger partial charge in [-0.3, -0.25) is 9.78 Å². The minimum absolute atomic E-state index is 0.0205. The highest BCUT2D eigenvalue weighted by molar-refractivity contribution is 7.13. The van der Waals surface area contributed by atoms with Crippen molar-refractivity contribution in [3.05, 3.63) is 65.9 Å². The number of hydrogen-bond acceptors (Lipinski definition) is 5. The van der Waals surface area contributed by atoms with E-state index in [-0.39, 0.29) is 5.91 Å². The highest BCUT2D eigenvalue weighted by atomic mass is 32.1. The summed E-state index contributed by atoms with van der Waals surface area (Å²) in [6.45, 7) is 1.22. The Bertz CT molecular complexity index is 774. The molecule has 5 nitrogen and oxygen atoms in total. The van der Waals surface area contributed by atoms with E-state index < -0.39 is 0 Å². The zero-order valence-corrected chi connectivity index (χ0v) is 13.9. The molecular formula is C18H18N4OS. The van der Waals surface area contributed by atoms with E-state index in [1.807, 2.05) is 47.8 Å². The summed E-state index contributed by atoms with van der Waals surface area (Å²) in [5, 5.41) is 8.97. The monoisotopic (exact) mass is 338 g/mol. The van der Waals surface area contributed by atoms with Crippen molar-refractivity contribution < 1.29 is 4.79 Å². The second-order valence-electron chi connectivity index (χ2n) is 5.21. The zero-order chi connectivity index (χ0) is 16.6. The van der Waals surface area contributed by atoms with Crippen LogP contribution in [0.4, 0.5) is 5.69 Å². The van der Waals surface area contributed by atoms with E-state index in [0.29, 0.717) is 19.5 Å². The first-order valence-electron chi connectivity index (χ1n) is 7.72. The van der Waals surface area contributed by atoms with Crippen molar-refractivity contribution in [1.82, 2.24) is 15.3 Å². The second-order valence-corrected chi connectivity index (χ2v) is 6.06. The van der Waals surface area contributed by atoms with Gasteiger partial charge in [0.2, 0.25) is 5.91 Å². The van der Waals surface area contributed by atoms with Crippen molar-refractivity contribution in [2.75, 3.05) is 18.4 Å². The summed E-state index contributed by atoms with van der Waals surface area (Å²) in [6, 6.07) is 13.8. The molecule has 3 rings (SSSR count). The van der Waals surface area contributed by atoms with Crippen LogP contribution in [0.25, 0.3) is 10.6 Å². The number of hydrogen-bond donors (Lipinski definition) is 2. The van der Waals surface area contributed by atoms with Crippen LogP contribution in [0.1, 0.15) is 5.69 Å². The van der Waals surface area contributed by atoms with Crippen molar-refractivity contribution >= 4 is 22.9 Å². The third kappa shape index (κ3) is 4.63. The minimum Gasteiger partial charge on any atom is -0.382 e. The topological polar surface area (TPSA) is 66.9 Å². The first-order chi connectivity index (χ1) is 11.8. The standard InChI is InChI=1S/C18H18N4OS/c23-17(21-10-9-20-15-7-4-8-19-12-15)11-16-13-24-18(22-16)14-5-2-1-3-6-14/h1-8,12-13,20H,9-11H2,(H,21,23).